The number of anilines is 1. The molecule has 1 aliphatic rings. The van der Waals surface area contributed by atoms with Gasteiger partial charge in [-0.3, -0.25) is 0 Å². The number of pyridine rings is 1. The van der Waals surface area contributed by atoms with Crippen LogP contribution in [0.4, 0.5) is 5.82 Å². The Morgan fingerprint density at radius 2 is 1.92 bits per heavy atom. The summed E-state index contributed by atoms with van der Waals surface area (Å²) in [5.41, 5.74) is 3.51. The molecule has 0 radical (unpaired) electrons. The van der Waals surface area contributed by atoms with Gasteiger partial charge in [0.2, 0.25) is 0 Å². The maximum absolute atomic E-state index is 5.01. The zero-order chi connectivity index (χ0) is 17.8. The molecule has 0 atom stereocenters. The van der Waals surface area contributed by atoms with E-state index in [1.54, 1.807) is 11.3 Å². The van der Waals surface area contributed by atoms with Gasteiger partial charge in [0.25, 0.3) is 0 Å². The maximum atomic E-state index is 5.01. The van der Waals surface area contributed by atoms with E-state index in [0.717, 1.165) is 49.6 Å². The molecule has 4 nitrogen and oxygen atoms in total. The van der Waals surface area contributed by atoms with Crippen LogP contribution in [0.3, 0.4) is 0 Å². The molecule has 3 heterocycles. The average molecular weight is 367 g/mol. The number of fused-ring (bicyclic) bond motifs is 1. The minimum absolute atomic E-state index is 0.808. The summed E-state index contributed by atoms with van der Waals surface area (Å²) in [5, 5.41) is 8.17. The molecule has 26 heavy (non-hydrogen) atoms. The van der Waals surface area contributed by atoms with E-state index in [4.69, 9.17) is 4.98 Å². The molecule has 0 unspecified atom stereocenters. The summed E-state index contributed by atoms with van der Waals surface area (Å²) in [7, 11) is 0. The second-order valence-electron chi connectivity index (χ2n) is 6.90. The van der Waals surface area contributed by atoms with Crippen LogP contribution in [0.1, 0.15) is 42.5 Å². The topological polar surface area (TPSA) is 41.1 Å². The van der Waals surface area contributed by atoms with E-state index in [1.165, 1.54) is 35.2 Å². The largest absolute Gasteiger partial charge is 0.356 e. The quantitative estimate of drug-likeness (QED) is 0.696. The third kappa shape index (κ3) is 3.89. The van der Waals surface area contributed by atoms with Gasteiger partial charge in [-0.05, 0) is 37.8 Å². The second-order valence-corrected chi connectivity index (χ2v) is 7.84. The molecule has 1 aliphatic heterocycles. The van der Waals surface area contributed by atoms with Crippen LogP contribution in [0.2, 0.25) is 0 Å². The van der Waals surface area contributed by atoms with Crippen molar-refractivity contribution < 1.29 is 0 Å². The van der Waals surface area contributed by atoms with Crippen LogP contribution in [0.15, 0.2) is 35.7 Å². The van der Waals surface area contributed by atoms with E-state index in [1.807, 2.05) is 0 Å². The van der Waals surface area contributed by atoms with Gasteiger partial charge in [-0.2, -0.15) is 0 Å². The fourth-order valence-corrected chi connectivity index (χ4v) is 4.32. The van der Waals surface area contributed by atoms with Crippen molar-refractivity contribution in [2.45, 2.75) is 45.7 Å². The Morgan fingerprint density at radius 3 is 2.73 bits per heavy atom. The predicted octanol–water partition coefficient (Wildman–Crippen LogP) is 4.53. The maximum Gasteiger partial charge on any atom is 0.133 e. The third-order valence-corrected chi connectivity index (χ3v) is 6.00. The normalized spacial score (nSPS) is 14.9. The highest BCUT2D eigenvalue weighted by Crippen LogP contribution is 2.26. The van der Waals surface area contributed by atoms with Crippen molar-refractivity contribution in [1.82, 2.24) is 15.3 Å². The first-order chi connectivity index (χ1) is 12.8. The van der Waals surface area contributed by atoms with Crippen molar-refractivity contribution >= 4 is 28.1 Å². The van der Waals surface area contributed by atoms with Crippen molar-refractivity contribution in [3.05, 3.63) is 52.0 Å². The fraction of sp³-hybridized carbons (Fsp3) is 0.429. The number of aromatic nitrogens is 2. The molecule has 1 fully saturated rings. The van der Waals surface area contributed by atoms with Gasteiger partial charge >= 0.3 is 0 Å². The van der Waals surface area contributed by atoms with Crippen molar-refractivity contribution in [3.8, 4) is 0 Å². The van der Waals surface area contributed by atoms with Gasteiger partial charge in [0.15, 0.2) is 0 Å². The van der Waals surface area contributed by atoms with Crippen LogP contribution in [-0.4, -0.2) is 23.1 Å². The monoisotopic (exact) mass is 366 g/mol. The zero-order valence-corrected chi connectivity index (χ0v) is 16.2. The van der Waals surface area contributed by atoms with Gasteiger partial charge < -0.3 is 10.2 Å². The predicted molar refractivity (Wildman–Crippen MR) is 110 cm³/mol. The first kappa shape index (κ1) is 17.4. The Labute approximate surface area is 159 Å². The van der Waals surface area contributed by atoms with Crippen LogP contribution < -0.4 is 10.2 Å². The summed E-state index contributed by atoms with van der Waals surface area (Å²) in [5.74, 6) is 1.16. The Hall–Kier alpha value is -1.98. The number of nitrogens with zero attached hydrogens (tertiary/aromatic N) is 3. The zero-order valence-electron chi connectivity index (χ0n) is 15.4. The van der Waals surface area contributed by atoms with E-state index < -0.39 is 0 Å². The Balaban J connectivity index is 1.55. The van der Waals surface area contributed by atoms with Gasteiger partial charge in [-0.1, -0.05) is 25.1 Å². The standard InChI is InChI=1S/C21H26N4S/c1-2-20-23-18(15-26-20)14-22-13-17-12-16-8-4-5-9-19(16)24-21(17)25-10-6-3-7-11-25/h4-5,8-9,12,15,22H,2-3,6-7,10-11,13-14H2,1H3. The lowest BCUT2D eigenvalue weighted by molar-refractivity contribution is 0.570. The smallest absolute Gasteiger partial charge is 0.133 e. The Bertz CT molecular complexity index is 867. The van der Waals surface area contributed by atoms with Crippen LogP contribution in [-0.2, 0) is 19.5 Å². The minimum atomic E-state index is 0.808. The Kier molecular flexibility index (Phi) is 5.46. The lowest BCUT2D eigenvalue weighted by Gasteiger charge is -2.30. The summed E-state index contributed by atoms with van der Waals surface area (Å²) in [6.45, 7) is 6.02. The van der Waals surface area contributed by atoms with Crippen LogP contribution in [0, 0.1) is 0 Å². The SMILES string of the molecule is CCc1nc(CNCc2cc3ccccc3nc2N2CCCCC2)cs1. The molecule has 5 heteroatoms. The van der Waals surface area contributed by atoms with Crippen molar-refractivity contribution in [2.24, 2.45) is 0 Å². The molecular weight excluding hydrogens is 340 g/mol. The molecule has 1 N–H and O–H groups in total. The van der Waals surface area contributed by atoms with Gasteiger partial charge in [0, 0.05) is 42.5 Å². The molecule has 0 amide bonds. The van der Waals surface area contributed by atoms with Crippen molar-refractivity contribution in [2.75, 3.05) is 18.0 Å². The molecule has 2 aromatic heterocycles. The van der Waals surface area contributed by atoms with Gasteiger partial charge in [-0.25, -0.2) is 9.97 Å². The lowest BCUT2D eigenvalue weighted by Crippen LogP contribution is -2.31. The summed E-state index contributed by atoms with van der Waals surface area (Å²) >= 11 is 1.75. The number of aryl methyl sites for hydroxylation is 1. The number of rotatable bonds is 6. The van der Waals surface area contributed by atoms with E-state index in [2.05, 4.69) is 57.8 Å². The highest BCUT2D eigenvalue weighted by atomic mass is 32.1. The summed E-state index contributed by atoms with van der Waals surface area (Å²) in [6, 6.07) is 10.7. The van der Waals surface area contributed by atoms with Gasteiger partial charge in [0.05, 0.1) is 16.2 Å². The van der Waals surface area contributed by atoms with Gasteiger partial charge in [0.1, 0.15) is 5.82 Å². The number of piperidine rings is 1. The highest BCUT2D eigenvalue weighted by molar-refractivity contribution is 7.09. The number of para-hydroxylation sites is 1. The van der Waals surface area contributed by atoms with E-state index >= 15 is 0 Å². The van der Waals surface area contributed by atoms with Gasteiger partial charge in [-0.15, -0.1) is 11.3 Å². The molecule has 1 saturated heterocycles. The molecule has 136 valence electrons. The summed E-state index contributed by atoms with van der Waals surface area (Å²) < 4.78 is 0. The molecule has 3 aromatic rings. The molecule has 1 aromatic carbocycles. The molecule has 0 bridgehead atoms. The number of hydrogen-bond donors (Lipinski definition) is 1. The molecular formula is C21H26N4S. The fourth-order valence-electron chi connectivity index (χ4n) is 3.58. The summed E-state index contributed by atoms with van der Waals surface area (Å²) in [6.07, 6.45) is 4.87. The number of thiazole rings is 1. The van der Waals surface area contributed by atoms with Crippen molar-refractivity contribution in [1.29, 1.82) is 0 Å². The second kappa shape index (κ2) is 8.14. The van der Waals surface area contributed by atoms with Crippen molar-refractivity contribution in [3.63, 3.8) is 0 Å². The molecule has 0 aliphatic carbocycles. The third-order valence-electron chi connectivity index (χ3n) is 4.96. The minimum Gasteiger partial charge on any atom is -0.356 e. The molecule has 4 rings (SSSR count). The molecule has 0 saturated carbocycles. The Morgan fingerprint density at radius 1 is 1.08 bits per heavy atom. The van der Waals surface area contributed by atoms with Crippen LogP contribution >= 0.6 is 11.3 Å². The number of hydrogen-bond acceptors (Lipinski definition) is 5. The highest BCUT2D eigenvalue weighted by Gasteiger charge is 2.17. The first-order valence-electron chi connectivity index (χ1n) is 9.61. The first-order valence-corrected chi connectivity index (χ1v) is 10.5. The number of benzene rings is 1. The van der Waals surface area contributed by atoms with E-state index in [0.29, 0.717) is 0 Å². The summed E-state index contributed by atoms with van der Waals surface area (Å²) in [4.78, 5) is 12.1. The van der Waals surface area contributed by atoms with E-state index in [9.17, 15) is 0 Å². The lowest BCUT2D eigenvalue weighted by atomic mass is 10.1. The van der Waals surface area contributed by atoms with E-state index in [-0.39, 0.29) is 0 Å². The van der Waals surface area contributed by atoms with Crippen LogP contribution in [0.5, 0.6) is 0 Å². The molecule has 0 spiro atoms. The average Bonchev–Trinajstić information content (AvgIpc) is 3.16. The van der Waals surface area contributed by atoms with Crippen LogP contribution in [0.25, 0.3) is 10.9 Å². The number of nitrogens with one attached hydrogen (secondary N) is 1.